The maximum absolute atomic E-state index is 12.4. The topological polar surface area (TPSA) is 34.1 Å². The van der Waals surface area contributed by atoms with Crippen LogP contribution in [0, 0.1) is 0 Å². The summed E-state index contributed by atoms with van der Waals surface area (Å²) in [5.74, 6) is -0.0662. The Balaban J connectivity index is 1.85. The van der Waals surface area contributed by atoms with Crippen molar-refractivity contribution in [2.45, 2.75) is 9.79 Å². The fraction of sp³-hybridized carbons (Fsp3) is 0. The van der Waals surface area contributed by atoms with Crippen LogP contribution in [-0.4, -0.2) is 11.6 Å². The Morgan fingerprint density at radius 3 is 1.40 bits per heavy atom. The highest BCUT2D eigenvalue weighted by Gasteiger charge is 2.35. The summed E-state index contributed by atoms with van der Waals surface area (Å²) < 4.78 is 0. The van der Waals surface area contributed by atoms with Crippen LogP contribution in [0.15, 0.2) is 68.1 Å². The molecular weight excluding hydrogens is 288 g/mol. The average molecular weight is 296 g/mol. The van der Waals surface area contributed by atoms with E-state index in [4.69, 9.17) is 0 Å². The first kappa shape index (κ1) is 12.0. The van der Waals surface area contributed by atoms with Crippen molar-refractivity contribution in [2.24, 2.45) is 0 Å². The zero-order valence-electron chi connectivity index (χ0n) is 10.3. The Morgan fingerprint density at radius 1 is 0.600 bits per heavy atom. The normalized spacial score (nSPS) is 20.2. The van der Waals surface area contributed by atoms with E-state index >= 15 is 0 Å². The molecule has 0 fully saturated rings. The third kappa shape index (κ3) is 1.62. The molecule has 0 saturated heterocycles. The highest BCUT2D eigenvalue weighted by molar-refractivity contribution is 8.08. The molecule has 2 aliphatic rings. The van der Waals surface area contributed by atoms with Gasteiger partial charge in [0.1, 0.15) is 0 Å². The van der Waals surface area contributed by atoms with Crippen LogP contribution in [0.4, 0.5) is 0 Å². The van der Waals surface area contributed by atoms with Gasteiger partial charge >= 0.3 is 0 Å². The van der Waals surface area contributed by atoms with Crippen molar-refractivity contribution < 1.29 is 9.59 Å². The van der Waals surface area contributed by atoms with Gasteiger partial charge in [0.2, 0.25) is 11.6 Å². The number of hydrogen-bond donors (Lipinski definition) is 0. The minimum Gasteiger partial charge on any atom is -0.288 e. The molecule has 2 nitrogen and oxygen atoms in total. The highest BCUT2D eigenvalue weighted by Crippen LogP contribution is 2.49. The maximum atomic E-state index is 12.4. The lowest BCUT2D eigenvalue weighted by Gasteiger charge is -1.98. The van der Waals surface area contributed by atoms with Crippen molar-refractivity contribution in [1.82, 2.24) is 0 Å². The van der Waals surface area contributed by atoms with E-state index in [2.05, 4.69) is 0 Å². The van der Waals surface area contributed by atoms with Crippen molar-refractivity contribution in [1.29, 1.82) is 0 Å². The molecule has 0 unspecified atom stereocenters. The van der Waals surface area contributed by atoms with Crippen molar-refractivity contribution >= 4 is 35.1 Å². The molecule has 0 N–H and O–H groups in total. The van der Waals surface area contributed by atoms with E-state index in [1.807, 2.05) is 48.5 Å². The molecule has 0 spiro atoms. The first-order valence-electron chi connectivity index (χ1n) is 6.13. The van der Waals surface area contributed by atoms with Crippen LogP contribution >= 0.6 is 23.5 Å². The predicted molar refractivity (Wildman–Crippen MR) is 80.3 cm³/mol. The van der Waals surface area contributed by atoms with Gasteiger partial charge in [-0.05, 0) is 24.3 Å². The molecule has 4 rings (SSSR count). The van der Waals surface area contributed by atoms with E-state index in [9.17, 15) is 9.59 Å². The number of thioether (sulfide) groups is 2. The number of carbonyl (C=O) groups excluding carboxylic acids is 2. The first-order chi connectivity index (χ1) is 9.75. The molecule has 0 bridgehead atoms. The Hall–Kier alpha value is -1.78. The molecule has 2 aromatic carbocycles. The van der Waals surface area contributed by atoms with Gasteiger partial charge in [0, 0.05) is 20.9 Å². The second-order valence-electron chi connectivity index (χ2n) is 4.51. The number of allylic oxidation sites excluding steroid dienone is 2. The van der Waals surface area contributed by atoms with Crippen molar-refractivity contribution in [3.63, 3.8) is 0 Å². The van der Waals surface area contributed by atoms with E-state index < -0.39 is 0 Å². The van der Waals surface area contributed by atoms with Gasteiger partial charge in [-0.25, -0.2) is 0 Å². The van der Waals surface area contributed by atoms with Gasteiger partial charge in [0.15, 0.2) is 0 Å². The summed E-state index contributed by atoms with van der Waals surface area (Å²) in [6, 6.07) is 15.0. The number of hydrogen-bond acceptors (Lipinski definition) is 4. The molecule has 2 aromatic rings. The van der Waals surface area contributed by atoms with Crippen LogP contribution in [0.2, 0.25) is 0 Å². The lowest BCUT2D eigenvalue weighted by Crippen LogP contribution is -2.01. The molecule has 4 heteroatoms. The smallest absolute Gasteiger partial charge is 0.202 e. The van der Waals surface area contributed by atoms with Crippen molar-refractivity contribution in [3.05, 3.63) is 69.5 Å². The van der Waals surface area contributed by atoms with E-state index in [1.165, 1.54) is 23.5 Å². The van der Waals surface area contributed by atoms with Crippen LogP contribution in [0.3, 0.4) is 0 Å². The second-order valence-corrected chi connectivity index (χ2v) is 6.62. The summed E-state index contributed by atoms with van der Waals surface area (Å²) in [5, 5.41) is 0. The van der Waals surface area contributed by atoms with Gasteiger partial charge < -0.3 is 0 Å². The molecule has 2 heterocycles. The fourth-order valence-corrected chi connectivity index (χ4v) is 4.64. The van der Waals surface area contributed by atoms with Crippen molar-refractivity contribution in [3.8, 4) is 0 Å². The SMILES string of the molecule is O=C1/C(=C2\Sc3ccccc3C2=O)Sc2ccccc21. The summed E-state index contributed by atoms with van der Waals surface area (Å²) in [5.41, 5.74) is 1.40. The number of Topliss-reactive ketones (excluding diaryl/α,β-unsaturated/α-hetero) is 2. The fourth-order valence-electron chi connectivity index (χ4n) is 2.34. The highest BCUT2D eigenvalue weighted by atomic mass is 32.2. The zero-order chi connectivity index (χ0) is 13.7. The zero-order valence-corrected chi connectivity index (χ0v) is 11.9. The van der Waals surface area contributed by atoms with Gasteiger partial charge in [-0.15, -0.1) is 0 Å². The second kappa shape index (κ2) is 4.36. The van der Waals surface area contributed by atoms with Crippen LogP contribution in [0.5, 0.6) is 0 Å². The average Bonchev–Trinajstić information content (AvgIpc) is 2.98. The van der Waals surface area contributed by atoms with E-state index in [1.54, 1.807) is 0 Å². The maximum Gasteiger partial charge on any atom is 0.202 e. The van der Waals surface area contributed by atoms with E-state index in [0.29, 0.717) is 20.9 Å². The number of fused-ring (bicyclic) bond motifs is 2. The van der Waals surface area contributed by atoms with Gasteiger partial charge in [-0.1, -0.05) is 47.8 Å². The molecule has 0 saturated carbocycles. The predicted octanol–water partition coefficient (Wildman–Crippen LogP) is 4.18. The Labute approximate surface area is 124 Å². The molecule has 20 heavy (non-hydrogen) atoms. The Bertz CT molecular complexity index is 738. The standard InChI is InChI=1S/C16H8O2S2/c17-13-9-5-1-3-7-11(9)19-15(13)16-14(18)10-6-2-4-8-12(10)20-16/h1-8H/b16-15+. The largest absolute Gasteiger partial charge is 0.288 e. The number of rotatable bonds is 0. The number of benzene rings is 2. The summed E-state index contributed by atoms with van der Waals surface area (Å²) >= 11 is 2.81. The number of ketones is 2. The summed E-state index contributed by atoms with van der Waals surface area (Å²) in [6.07, 6.45) is 0. The summed E-state index contributed by atoms with van der Waals surface area (Å²) in [7, 11) is 0. The minimum atomic E-state index is -0.0331. The molecule has 0 amide bonds. The molecule has 0 aromatic heterocycles. The molecule has 0 aliphatic carbocycles. The van der Waals surface area contributed by atoms with E-state index in [-0.39, 0.29) is 11.6 Å². The van der Waals surface area contributed by atoms with Crippen molar-refractivity contribution in [2.75, 3.05) is 0 Å². The van der Waals surface area contributed by atoms with Gasteiger partial charge in [-0.2, -0.15) is 0 Å². The first-order valence-corrected chi connectivity index (χ1v) is 7.76. The van der Waals surface area contributed by atoms with Gasteiger partial charge in [0.25, 0.3) is 0 Å². The Morgan fingerprint density at radius 2 is 1.00 bits per heavy atom. The molecule has 0 atom stereocenters. The minimum absolute atomic E-state index is 0.0331. The lowest BCUT2D eigenvalue weighted by molar-refractivity contribution is 0.101. The third-order valence-corrected chi connectivity index (χ3v) is 5.77. The Kier molecular flexibility index (Phi) is 2.62. The van der Waals surface area contributed by atoms with Gasteiger partial charge in [-0.3, -0.25) is 9.59 Å². The summed E-state index contributed by atoms with van der Waals surface area (Å²) in [4.78, 5) is 27.9. The number of carbonyl (C=O) groups is 2. The van der Waals surface area contributed by atoms with Crippen LogP contribution in [0.1, 0.15) is 20.7 Å². The third-order valence-electron chi connectivity index (χ3n) is 3.31. The monoisotopic (exact) mass is 296 g/mol. The lowest BCUT2D eigenvalue weighted by atomic mass is 10.1. The summed E-state index contributed by atoms with van der Waals surface area (Å²) in [6.45, 7) is 0. The molecule has 0 radical (unpaired) electrons. The van der Waals surface area contributed by atoms with Crippen LogP contribution in [-0.2, 0) is 0 Å². The van der Waals surface area contributed by atoms with Gasteiger partial charge in [0.05, 0.1) is 9.81 Å². The van der Waals surface area contributed by atoms with Crippen LogP contribution < -0.4 is 0 Å². The van der Waals surface area contributed by atoms with Crippen LogP contribution in [0.25, 0.3) is 0 Å². The quantitative estimate of drug-likeness (QED) is 0.683. The molecule has 96 valence electrons. The molecular formula is C16H8O2S2. The van der Waals surface area contributed by atoms with E-state index in [0.717, 1.165) is 9.79 Å². The molecule has 2 aliphatic heterocycles.